The minimum absolute atomic E-state index is 0.0379. The van der Waals surface area contributed by atoms with Crippen molar-refractivity contribution in [2.24, 2.45) is 0 Å². The van der Waals surface area contributed by atoms with Crippen LogP contribution in [0.4, 0.5) is 5.69 Å². The minimum Gasteiger partial charge on any atom is -0.490 e. The maximum absolute atomic E-state index is 12.3. The Hall–Kier alpha value is -2.28. The van der Waals surface area contributed by atoms with Crippen LogP contribution in [-0.2, 0) is 11.3 Å². The molecular weight excluding hydrogens is 318 g/mol. The van der Waals surface area contributed by atoms with E-state index in [4.69, 9.17) is 16.3 Å². The van der Waals surface area contributed by atoms with E-state index in [-0.39, 0.29) is 18.5 Å². The number of nitrogens with zero attached hydrogens (tertiary/aromatic N) is 4. The first kappa shape index (κ1) is 15.6. The Morgan fingerprint density at radius 3 is 3.17 bits per heavy atom. The Morgan fingerprint density at radius 1 is 1.52 bits per heavy atom. The maximum atomic E-state index is 12.3. The first-order valence-electron chi connectivity index (χ1n) is 7.41. The van der Waals surface area contributed by atoms with Crippen LogP contribution in [0, 0.1) is 0 Å². The number of nitrogens with one attached hydrogen (secondary N) is 1. The van der Waals surface area contributed by atoms with E-state index in [0.29, 0.717) is 24.7 Å². The second-order valence-electron chi connectivity index (χ2n) is 5.47. The summed E-state index contributed by atoms with van der Waals surface area (Å²) in [7, 11) is 0. The second-order valence-corrected chi connectivity index (χ2v) is 5.90. The van der Waals surface area contributed by atoms with Crippen LogP contribution in [0.1, 0.15) is 6.92 Å². The molecule has 0 fully saturated rings. The molecule has 1 N–H and O–H groups in total. The third-order valence-corrected chi connectivity index (χ3v) is 3.78. The van der Waals surface area contributed by atoms with Crippen molar-refractivity contribution >= 4 is 23.2 Å². The predicted octanol–water partition coefficient (Wildman–Crippen LogP) is 1.34. The lowest BCUT2D eigenvalue weighted by atomic mass is 10.2. The van der Waals surface area contributed by atoms with Gasteiger partial charge in [-0.2, -0.15) is 5.10 Å². The van der Waals surface area contributed by atoms with Crippen molar-refractivity contribution in [3.63, 3.8) is 0 Å². The molecule has 122 valence electrons. The van der Waals surface area contributed by atoms with Gasteiger partial charge in [0.15, 0.2) is 0 Å². The summed E-state index contributed by atoms with van der Waals surface area (Å²) in [6.45, 7) is 3.98. The third kappa shape index (κ3) is 3.92. The van der Waals surface area contributed by atoms with E-state index < -0.39 is 0 Å². The van der Waals surface area contributed by atoms with Crippen LogP contribution in [0.15, 0.2) is 30.9 Å². The summed E-state index contributed by atoms with van der Waals surface area (Å²) in [4.78, 5) is 18.1. The van der Waals surface area contributed by atoms with Gasteiger partial charge in [0.1, 0.15) is 25.0 Å². The standard InChI is InChI=1S/C15H18ClN5O2/c1-11(7-21-10-17-9-18-21)19-15(22)8-20-4-5-23-14-3-2-12(16)6-13(14)20/h2-3,6,9-11H,4-5,7-8H2,1H3,(H,19,22). The molecule has 0 aliphatic carbocycles. The molecule has 1 amide bonds. The number of fused-ring (bicyclic) bond motifs is 1. The van der Waals surface area contributed by atoms with Gasteiger partial charge in [-0.05, 0) is 25.1 Å². The van der Waals surface area contributed by atoms with Gasteiger partial charge in [-0.3, -0.25) is 9.48 Å². The number of benzene rings is 1. The molecule has 0 spiro atoms. The first-order chi connectivity index (χ1) is 11.1. The molecule has 1 aliphatic heterocycles. The number of rotatable bonds is 5. The summed E-state index contributed by atoms with van der Waals surface area (Å²) in [5.74, 6) is 0.703. The number of carbonyl (C=O) groups excluding carboxylic acids is 1. The number of carbonyl (C=O) groups is 1. The smallest absolute Gasteiger partial charge is 0.239 e. The highest BCUT2D eigenvalue weighted by molar-refractivity contribution is 6.31. The van der Waals surface area contributed by atoms with Crippen molar-refractivity contribution in [2.45, 2.75) is 19.5 Å². The van der Waals surface area contributed by atoms with Gasteiger partial charge < -0.3 is 15.0 Å². The summed E-state index contributed by atoms with van der Waals surface area (Å²) in [6.07, 6.45) is 3.10. The molecule has 1 aromatic heterocycles. The lowest BCUT2D eigenvalue weighted by molar-refractivity contribution is -0.120. The van der Waals surface area contributed by atoms with Crippen molar-refractivity contribution in [3.8, 4) is 5.75 Å². The van der Waals surface area contributed by atoms with E-state index in [9.17, 15) is 4.79 Å². The van der Waals surface area contributed by atoms with Crippen molar-refractivity contribution in [3.05, 3.63) is 35.9 Å². The van der Waals surface area contributed by atoms with E-state index in [1.165, 1.54) is 6.33 Å². The summed E-state index contributed by atoms with van der Waals surface area (Å²) in [5, 5.41) is 7.62. The number of hydrogen-bond donors (Lipinski definition) is 1. The molecule has 0 radical (unpaired) electrons. The van der Waals surface area contributed by atoms with Gasteiger partial charge in [0, 0.05) is 11.1 Å². The topological polar surface area (TPSA) is 72.3 Å². The minimum atomic E-state index is -0.0505. The van der Waals surface area contributed by atoms with Gasteiger partial charge in [-0.25, -0.2) is 4.98 Å². The number of amides is 1. The van der Waals surface area contributed by atoms with Gasteiger partial charge in [0.2, 0.25) is 5.91 Å². The quantitative estimate of drug-likeness (QED) is 0.892. The number of aromatic nitrogens is 3. The molecule has 0 bridgehead atoms. The van der Waals surface area contributed by atoms with Crippen LogP contribution in [0.2, 0.25) is 5.02 Å². The van der Waals surface area contributed by atoms with Crippen molar-refractivity contribution in [1.82, 2.24) is 20.1 Å². The molecule has 8 heteroatoms. The van der Waals surface area contributed by atoms with Crippen molar-refractivity contribution in [2.75, 3.05) is 24.6 Å². The molecule has 2 heterocycles. The van der Waals surface area contributed by atoms with Crippen LogP contribution in [0.5, 0.6) is 5.75 Å². The summed E-state index contributed by atoms with van der Waals surface area (Å²) >= 11 is 6.04. The van der Waals surface area contributed by atoms with Gasteiger partial charge in [0.25, 0.3) is 0 Å². The molecule has 7 nitrogen and oxygen atoms in total. The lowest BCUT2D eigenvalue weighted by Gasteiger charge is -2.31. The monoisotopic (exact) mass is 335 g/mol. The Balaban J connectivity index is 1.59. The number of halogens is 1. The normalized spacial score (nSPS) is 14.8. The fourth-order valence-electron chi connectivity index (χ4n) is 2.56. The zero-order chi connectivity index (χ0) is 16.2. The van der Waals surface area contributed by atoms with Gasteiger partial charge in [-0.1, -0.05) is 11.6 Å². The summed E-state index contributed by atoms with van der Waals surface area (Å²) < 4.78 is 7.28. The Labute approximate surface area is 139 Å². The number of hydrogen-bond acceptors (Lipinski definition) is 5. The van der Waals surface area contributed by atoms with E-state index in [1.807, 2.05) is 24.0 Å². The molecule has 0 saturated carbocycles. The summed E-state index contributed by atoms with van der Waals surface area (Å²) in [6, 6.07) is 5.39. The highest BCUT2D eigenvalue weighted by Crippen LogP contribution is 2.33. The van der Waals surface area contributed by atoms with Crippen LogP contribution >= 0.6 is 11.6 Å². The summed E-state index contributed by atoms with van der Waals surface area (Å²) in [5.41, 5.74) is 0.850. The molecule has 23 heavy (non-hydrogen) atoms. The van der Waals surface area contributed by atoms with Crippen molar-refractivity contribution < 1.29 is 9.53 Å². The zero-order valence-electron chi connectivity index (χ0n) is 12.8. The number of ether oxygens (including phenoxy) is 1. The van der Waals surface area contributed by atoms with E-state index >= 15 is 0 Å². The number of anilines is 1. The molecule has 1 unspecified atom stereocenters. The van der Waals surface area contributed by atoms with Crippen LogP contribution in [0.3, 0.4) is 0 Å². The molecular formula is C15H18ClN5O2. The average Bonchev–Trinajstić information content (AvgIpc) is 3.00. The predicted molar refractivity (Wildman–Crippen MR) is 86.8 cm³/mol. The fourth-order valence-corrected chi connectivity index (χ4v) is 2.72. The molecule has 1 aliphatic rings. The van der Waals surface area contributed by atoms with Crippen LogP contribution < -0.4 is 15.0 Å². The molecule has 3 rings (SSSR count). The fraction of sp³-hybridized carbons (Fsp3) is 0.400. The van der Waals surface area contributed by atoms with Gasteiger partial charge >= 0.3 is 0 Å². The Kier molecular flexibility index (Phi) is 4.66. The lowest BCUT2D eigenvalue weighted by Crippen LogP contribution is -2.44. The Morgan fingerprint density at radius 2 is 2.39 bits per heavy atom. The maximum Gasteiger partial charge on any atom is 0.239 e. The van der Waals surface area contributed by atoms with Gasteiger partial charge in [-0.15, -0.1) is 0 Å². The van der Waals surface area contributed by atoms with Crippen molar-refractivity contribution in [1.29, 1.82) is 0 Å². The molecule has 1 aromatic carbocycles. The Bertz CT molecular complexity index is 677. The first-order valence-corrected chi connectivity index (χ1v) is 7.78. The van der Waals surface area contributed by atoms with E-state index in [1.54, 1.807) is 17.1 Å². The highest BCUT2D eigenvalue weighted by atomic mass is 35.5. The highest BCUT2D eigenvalue weighted by Gasteiger charge is 2.21. The third-order valence-electron chi connectivity index (χ3n) is 3.55. The van der Waals surface area contributed by atoms with Gasteiger partial charge in [0.05, 0.1) is 25.3 Å². The second kappa shape index (κ2) is 6.87. The largest absolute Gasteiger partial charge is 0.490 e. The SMILES string of the molecule is CC(Cn1cncn1)NC(=O)CN1CCOc2ccc(Cl)cc21. The van der Waals surface area contributed by atoms with Crippen LogP contribution in [-0.4, -0.2) is 46.4 Å². The molecule has 2 aromatic rings. The average molecular weight is 336 g/mol. The zero-order valence-corrected chi connectivity index (χ0v) is 13.5. The molecule has 0 saturated heterocycles. The van der Waals surface area contributed by atoms with E-state index in [0.717, 1.165) is 11.4 Å². The molecule has 1 atom stereocenters. The van der Waals surface area contributed by atoms with E-state index in [2.05, 4.69) is 15.4 Å². The van der Waals surface area contributed by atoms with Crippen LogP contribution in [0.25, 0.3) is 0 Å².